The summed E-state index contributed by atoms with van der Waals surface area (Å²) in [6.07, 6.45) is 6.02. The molecule has 19 rings (SSSR count). The molecule has 0 saturated carbocycles. The molecule has 0 radical (unpaired) electrons. The van der Waals surface area contributed by atoms with Crippen molar-refractivity contribution in [2.24, 2.45) is 0 Å². The second-order valence-corrected chi connectivity index (χ2v) is 29.9. The van der Waals surface area contributed by atoms with Crippen molar-refractivity contribution < 1.29 is 0 Å². The summed E-state index contributed by atoms with van der Waals surface area (Å²) >= 11 is 0. The summed E-state index contributed by atoms with van der Waals surface area (Å²) in [6, 6.07) is 105. The Kier molecular flexibility index (Phi) is 12.0. The van der Waals surface area contributed by atoms with Crippen molar-refractivity contribution in [3.05, 3.63) is 341 Å². The highest BCUT2D eigenvalue weighted by atomic mass is 15.2. The minimum Gasteiger partial charge on any atom is -0.311 e. The van der Waals surface area contributed by atoms with Crippen LogP contribution in [-0.4, -0.2) is 0 Å². The number of rotatable bonds is 8. The second-order valence-electron chi connectivity index (χ2n) is 29.9. The predicted octanol–water partition coefficient (Wildman–Crippen LogP) is 25.4. The van der Waals surface area contributed by atoms with Gasteiger partial charge in [-0.2, -0.15) is 0 Å². The minimum absolute atomic E-state index is 0.130. The summed E-state index contributed by atoms with van der Waals surface area (Å²) in [5.74, 6) is 0.335. The van der Waals surface area contributed by atoms with Gasteiger partial charge in [-0.15, -0.1) is 0 Å². The average molecular weight is 1230 g/mol. The van der Waals surface area contributed by atoms with E-state index in [-0.39, 0.29) is 21.7 Å². The first kappa shape index (κ1) is 56.7. The van der Waals surface area contributed by atoms with E-state index in [2.05, 4.69) is 350 Å². The molecule has 0 N–H and O–H groups in total. The molecule has 0 bridgehead atoms. The lowest BCUT2D eigenvalue weighted by Gasteiger charge is -2.34. The third-order valence-electron chi connectivity index (χ3n) is 23.4. The van der Waals surface area contributed by atoms with Gasteiger partial charge in [-0.1, -0.05) is 267 Å². The summed E-state index contributed by atoms with van der Waals surface area (Å²) in [4.78, 5) is 5.15. The van der Waals surface area contributed by atoms with Gasteiger partial charge in [0, 0.05) is 61.7 Å². The van der Waals surface area contributed by atoms with Gasteiger partial charge in [0.2, 0.25) is 0 Å². The molecule has 0 amide bonds. The van der Waals surface area contributed by atoms with Gasteiger partial charge in [0.25, 0.3) is 0 Å². The largest absolute Gasteiger partial charge is 0.311 e. The lowest BCUT2D eigenvalue weighted by molar-refractivity contribution is 0.609. The van der Waals surface area contributed by atoms with Crippen molar-refractivity contribution >= 4 is 71.5 Å². The van der Waals surface area contributed by atoms with Gasteiger partial charge in [-0.05, 0) is 229 Å². The Morgan fingerprint density at radius 2 is 0.646 bits per heavy atom. The van der Waals surface area contributed by atoms with Crippen molar-refractivity contribution in [2.45, 2.75) is 89.4 Å². The van der Waals surface area contributed by atoms with Crippen LogP contribution in [0.5, 0.6) is 0 Å². The van der Waals surface area contributed by atoms with E-state index in [9.17, 15) is 0 Å². The SMILES string of the molecule is CC1(C)C2=CC(N(c3ccc4c(c3)C(C)(C)c3ccccc3-4)c3ccc4c(-c5ccc6ccccc6c5)c5cc(N(c6ccc7c(c6)C(C)(C)c6ccccc6-7)c6ccc7c(c6)C(C)(C)c6ccccc6-7)ccc5c(-c5ccc6ccccc6c5)c4c3)=CCC2c2ccccc21. The Morgan fingerprint density at radius 3 is 1.11 bits per heavy atom. The van der Waals surface area contributed by atoms with Crippen LogP contribution in [-0.2, 0) is 21.7 Å². The molecule has 0 fully saturated rings. The number of nitrogens with zero attached hydrogens (tertiary/aromatic N) is 2. The molecular weight excluding hydrogens is 1160 g/mol. The maximum atomic E-state index is 2.60. The molecule has 14 aromatic rings. The fourth-order valence-corrected chi connectivity index (χ4v) is 18.5. The summed E-state index contributed by atoms with van der Waals surface area (Å²) in [5, 5.41) is 9.70. The quantitative estimate of drug-likeness (QED) is 0.140. The number of hydrogen-bond donors (Lipinski definition) is 0. The summed E-state index contributed by atoms with van der Waals surface area (Å²) in [7, 11) is 0. The lowest BCUT2D eigenvalue weighted by atomic mass is 9.78. The van der Waals surface area contributed by atoms with Gasteiger partial charge >= 0.3 is 0 Å². The molecule has 0 saturated heterocycles. The van der Waals surface area contributed by atoms with Crippen LogP contribution in [0.2, 0.25) is 0 Å². The van der Waals surface area contributed by atoms with Crippen molar-refractivity contribution in [3.63, 3.8) is 0 Å². The minimum atomic E-state index is -0.196. The molecule has 96 heavy (non-hydrogen) atoms. The second kappa shape index (κ2) is 20.4. The summed E-state index contributed by atoms with van der Waals surface area (Å²) in [5.41, 5.74) is 31.5. The van der Waals surface area contributed by atoms with Crippen molar-refractivity contribution in [2.75, 3.05) is 9.80 Å². The molecule has 1 unspecified atom stereocenters. The molecule has 5 aliphatic carbocycles. The number of benzene rings is 14. The van der Waals surface area contributed by atoms with Gasteiger partial charge in [0.05, 0.1) is 0 Å². The van der Waals surface area contributed by atoms with Gasteiger partial charge < -0.3 is 9.80 Å². The van der Waals surface area contributed by atoms with E-state index < -0.39 is 0 Å². The number of allylic oxidation sites excluding steroid dienone is 3. The Balaban J connectivity index is 0.885. The molecule has 0 aliphatic heterocycles. The molecule has 460 valence electrons. The van der Waals surface area contributed by atoms with Crippen LogP contribution < -0.4 is 9.80 Å². The molecule has 2 nitrogen and oxygen atoms in total. The van der Waals surface area contributed by atoms with E-state index in [4.69, 9.17) is 0 Å². The van der Waals surface area contributed by atoms with Crippen LogP contribution in [0.4, 0.5) is 28.4 Å². The highest BCUT2D eigenvalue weighted by molar-refractivity contribution is 6.23. The van der Waals surface area contributed by atoms with E-state index in [1.54, 1.807) is 0 Å². The smallest absolute Gasteiger partial charge is 0.0468 e. The topological polar surface area (TPSA) is 6.48 Å². The van der Waals surface area contributed by atoms with Crippen LogP contribution in [0.15, 0.2) is 296 Å². The van der Waals surface area contributed by atoms with Gasteiger partial charge in [0.1, 0.15) is 0 Å². The molecule has 1 atom stereocenters. The van der Waals surface area contributed by atoms with Crippen LogP contribution in [0.3, 0.4) is 0 Å². The zero-order valence-electron chi connectivity index (χ0n) is 55.8. The Labute approximate surface area is 563 Å². The van der Waals surface area contributed by atoms with E-state index in [1.807, 2.05) is 0 Å². The maximum Gasteiger partial charge on any atom is 0.0468 e. The van der Waals surface area contributed by atoms with Crippen molar-refractivity contribution in [3.8, 4) is 55.6 Å². The van der Waals surface area contributed by atoms with Gasteiger partial charge in [0.15, 0.2) is 0 Å². The van der Waals surface area contributed by atoms with Crippen LogP contribution in [0.25, 0.3) is 98.7 Å². The first-order valence-corrected chi connectivity index (χ1v) is 34.5. The molecule has 5 aliphatic rings. The normalized spacial score (nSPS) is 16.6. The number of hydrogen-bond acceptors (Lipinski definition) is 2. The molecule has 0 aromatic heterocycles. The number of anilines is 5. The molecule has 14 aromatic carbocycles. The third-order valence-corrected chi connectivity index (χ3v) is 23.4. The van der Waals surface area contributed by atoms with Crippen molar-refractivity contribution in [1.29, 1.82) is 0 Å². The zero-order chi connectivity index (χ0) is 64.7. The number of fused-ring (bicyclic) bond motifs is 16. The molecular formula is C94H74N2. The third kappa shape index (κ3) is 8.12. The highest BCUT2D eigenvalue weighted by Gasteiger charge is 2.44. The Bertz CT molecular complexity index is 5670. The standard InChI is InChI=1S/C94H74N2/c1-91(2)81-29-17-13-25-69(81)73-43-37-65(53-85(73)91)95(66-38-44-74-70-26-14-18-30-82(70)92(3,4)86(74)54-66)63-41-47-77-79(51-63)89(61-35-33-57-21-9-11-23-59(57)49-61)78-48-42-64(52-80(78)90(77)62-36-34-58-22-10-12-24-60(58)50-62)96(67-39-45-75-71-27-15-19-31-83(71)93(5,6)87(75)55-67)68-40-46-76-72-28-16-20-32-84(72)94(7,8)88(76)56-68/h9-45,47-56,76H,46H2,1-8H3. The van der Waals surface area contributed by atoms with E-state index >= 15 is 0 Å². The highest BCUT2D eigenvalue weighted by Crippen LogP contribution is 2.58. The lowest BCUT2D eigenvalue weighted by Crippen LogP contribution is -2.23. The van der Waals surface area contributed by atoms with E-state index in [0.29, 0.717) is 5.92 Å². The fourth-order valence-electron chi connectivity index (χ4n) is 18.5. The molecule has 2 heteroatoms. The van der Waals surface area contributed by atoms with Gasteiger partial charge in [-0.25, -0.2) is 0 Å². The van der Waals surface area contributed by atoms with Crippen LogP contribution in [0.1, 0.15) is 112 Å². The Hall–Kier alpha value is -10.8. The average Bonchev–Trinajstić information content (AvgIpc) is 1.63. The Morgan fingerprint density at radius 1 is 0.281 bits per heavy atom. The first-order valence-electron chi connectivity index (χ1n) is 34.5. The summed E-state index contributed by atoms with van der Waals surface area (Å²) < 4.78 is 0. The maximum absolute atomic E-state index is 2.60. The first-order chi connectivity index (χ1) is 46.6. The predicted molar refractivity (Wildman–Crippen MR) is 406 cm³/mol. The fraction of sp³-hybridized carbons (Fsp3) is 0.149. The summed E-state index contributed by atoms with van der Waals surface area (Å²) in [6.45, 7) is 19.3. The van der Waals surface area contributed by atoms with Crippen molar-refractivity contribution in [1.82, 2.24) is 0 Å². The van der Waals surface area contributed by atoms with E-state index in [0.717, 1.165) is 34.9 Å². The molecule has 0 heterocycles. The monoisotopic (exact) mass is 1230 g/mol. The molecule has 0 spiro atoms. The van der Waals surface area contributed by atoms with Gasteiger partial charge in [-0.3, -0.25) is 0 Å². The van der Waals surface area contributed by atoms with E-state index in [1.165, 1.54) is 155 Å². The van der Waals surface area contributed by atoms with Crippen LogP contribution in [0, 0.1) is 0 Å². The van der Waals surface area contributed by atoms with Crippen LogP contribution >= 0.6 is 0 Å². The zero-order valence-corrected chi connectivity index (χ0v) is 55.8.